The van der Waals surface area contributed by atoms with Crippen LogP contribution in [-0.4, -0.2) is 31.1 Å². The SMILES string of the molecule is COc1ccc(C(C)NC(=O)C2CCN(c3ccc(C#N)cn3)CC2)cc1F. The van der Waals surface area contributed by atoms with E-state index in [9.17, 15) is 9.18 Å². The molecule has 1 aliphatic rings. The van der Waals surface area contributed by atoms with Gasteiger partial charge in [-0.3, -0.25) is 4.79 Å². The van der Waals surface area contributed by atoms with Gasteiger partial charge in [0.1, 0.15) is 11.9 Å². The first-order valence-corrected chi connectivity index (χ1v) is 9.26. The van der Waals surface area contributed by atoms with Crippen molar-refractivity contribution in [2.45, 2.75) is 25.8 Å². The Morgan fingerprint density at radius 1 is 1.36 bits per heavy atom. The Morgan fingerprint density at radius 2 is 2.11 bits per heavy atom. The Balaban J connectivity index is 1.54. The Bertz CT molecular complexity index is 871. The van der Waals surface area contributed by atoms with E-state index in [1.54, 1.807) is 24.4 Å². The van der Waals surface area contributed by atoms with Gasteiger partial charge in [-0.15, -0.1) is 0 Å². The summed E-state index contributed by atoms with van der Waals surface area (Å²) in [5, 5.41) is 11.8. The molecule has 146 valence electrons. The van der Waals surface area contributed by atoms with Crippen LogP contribution in [0, 0.1) is 23.1 Å². The number of carbonyl (C=O) groups excluding carboxylic acids is 1. The Hall–Kier alpha value is -3.14. The molecule has 1 fully saturated rings. The average molecular weight is 382 g/mol. The molecule has 1 aromatic heterocycles. The molecule has 1 aliphatic heterocycles. The normalized spacial score (nSPS) is 15.6. The number of amides is 1. The summed E-state index contributed by atoms with van der Waals surface area (Å²) in [6.07, 6.45) is 3.00. The number of ether oxygens (including phenoxy) is 1. The summed E-state index contributed by atoms with van der Waals surface area (Å²) in [6, 6.07) is 10.1. The van der Waals surface area contributed by atoms with Crippen LogP contribution in [0.1, 0.15) is 36.9 Å². The Kier molecular flexibility index (Phi) is 6.09. The van der Waals surface area contributed by atoms with Crippen LogP contribution in [0.5, 0.6) is 5.75 Å². The van der Waals surface area contributed by atoms with Gasteiger partial charge in [0.25, 0.3) is 0 Å². The number of hydrogen-bond donors (Lipinski definition) is 1. The maximum atomic E-state index is 13.9. The summed E-state index contributed by atoms with van der Waals surface area (Å²) in [4.78, 5) is 19.0. The van der Waals surface area contributed by atoms with Crippen LogP contribution >= 0.6 is 0 Å². The van der Waals surface area contributed by atoms with Crippen molar-refractivity contribution >= 4 is 11.7 Å². The molecule has 0 radical (unpaired) electrons. The van der Waals surface area contributed by atoms with Crippen molar-refractivity contribution < 1.29 is 13.9 Å². The van der Waals surface area contributed by atoms with E-state index < -0.39 is 5.82 Å². The molecular formula is C21H23FN4O2. The van der Waals surface area contributed by atoms with Gasteiger partial charge in [-0.1, -0.05) is 6.07 Å². The minimum Gasteiger partial charge on any atom is -0.494 e. The zero-order chi connectivity index (χ0) is 20.1. The van der Waals surface area contributed by atoms with Crippen LogP contribution in [-0.2, 0) is 4.79 Å². The van der Waals surface area contributed by atoms with Gasteiger partial charge >= 0.3 is 0 Å². The smallest absolute Gasteiger partial charge is 0.223 e. The number of piperidine rings is 1. The average Bonchev–Trinajstić information content (AvgIpc) is 2.73. The molecule has 1 amide bonds. The third-order valence-corrected chi connectivity index (χ3v) is 5.10. The number of benzene rings is 1. The Morgan fingerprint density at radius 3 is 2.68 bits per heavy atom. The van der Waals surface area contributed by atoms with Crippen LogP contribution in [0.4, 0.5) is 10.2 Å². The molecule has 2 aromatic rings. The first kappa shape index (κ1) is 19.6. The molecule has 2 heterocycles. The maximum Gasteiger partial charge on any atom is 0.223 e. The van der Waals surface area contributed by atoms with Gasteiger partial charge in [-0.2, -0.15) is 5.26 Å². The first-order chi connectivity index (χ1) is 13.5. The van der Waals surface area contributed by atoms with E-state index in [1.165, 1.54) is 13.2 Å². The molecule has 1 unspecified atom stereocenters. The van der Waals surface area contributed by atoms with E-state index in [4.69, 9.17) is 10.00 Å². The lowest BCUT2D eigenvalue weighted by molar-refractivity contribution is -0.126. The number of nitrogens with zero attached hydrogens (tertiary/aromatic N) is 3. The molecule has 28 heavy (non-hydrogen) atoms. The van der Waals surface area contributed by atoms with Crippen molar-refractivity contribution in [2.24, 2.45) is 5.92 Å². The number of hydrogen-bond acceptors (Lipinski definition) is 5. The summed E-state index contributed by atoms with van der Waals surface area (Å²) in [6.45, 7) is 3.29. The molecule has 1 atom stereocenters. The lowest BCUT2D eigenvalue weighted by Crippen LogP contribution is -2.41. The summed E-state index contributed by atoms with van der Waals surface area (Å²) < 4.78 is 18.8. The fourth-order valence-corrected chi connectivity index (χ4v) is 3.38. The number of aromatic nitrogens is 1. The summed E-state index contributed by atoms with van der Waals surface area (Å²) in [7, 11) is 1.42. The fraction of sp³-hybridized carbons (Fsp3) is 0.381. The lowest BCUT2D eigenvalue weighted by Gasteiger charge is -2.32. The van der Waals surface area contributed by atoms with Crippen LogP contribution in [0.2, 0.25) is 0 Å². The van der Waals surface area contributed by atoms with Gasteiger partial charge in [0.05, 0.1) is 18.7 Å². The minimum atomic E-state index is -0.440. The summed E-state index contributed by atoms with van der Waals surface area (Å²) >= 11 is 0. The highest BCUT2D eigenvalue weighted by molar-refractivity contribution is 5.79. The van der Waals surface area contributed by atoms with Crippen molar-refractivity contribution in [1.82, 2.24) is 10.3 Å². The third kappa shape index (κ3) is 4.39. The Labute approximate surface area is 163 Å². The largest absolute Gasteiger partial charge is 0.494 e. The van der Waals surface area contributed by atoms with E-state index in [1.807, 2.05) is 13.0 Å². The van der Waals surface area contributed by atoms with Crippen molar-refractivity contribution in [3.05, 3.63) is 53.5 Å². The minimum absolute atomic E-state index is 0.0174. The standard InChI is InChI=1S/C21H23FN4O2/c1-14(17-4-5-19(28-2)18(22)11-17)25-21(27)16-7-9-26(10-8-16)20-6-3-15(12-23)13-24-20/h3-6,11,13-14,16H,7-10H2,1-2H3,(H,25,27). The van der Waals surface area contributed by atoms with E-state index in [-0.39, 0.29) is 23.6 Å². The van der Waals surface area contributed by atoms with Crippen LogP contribution < -0.4 is 15.0 Å². The fourth-order valence-electron chi connectivity index (χ4n) is 3.38. The van der Waals surface area contributed by atoms with Crippen LogP contribution in [0.25, 0.3) is 0 Å². The molecule has 0 bridgehead atoms. The number of carbonyl (C=O) groups is 1. The second-order valence-electron chi connectivity index (χ2n) is 6.90. The summed E-state index contributed by atoms with van der Waals surface area (Å²) in [5.74, 6) is 0.464. The number of pyridine rings is 1. The van der Waals surface area contributed by atoms with Crippen LogP contribution in [0.15, 0.2) is 36.5 Å². The molecule has 1 aromatic carbocycles. The quantitative estimate of drug-likeness (QED) is 0.859. The predicted molar refractivity (Wildman–Crippen MR) is 103 cm³/mol. The second kappa shape index (κ2) is 8.70. The van der Waals surface area contributed by atoms with Crippen molar-refractivity contribution in [2.75, 3.05) is 25.1 Å². The van der Waals surface area contributed by atoms with Gasteiger partial charge in [-0.05, 0) is 49.6 Å². The third-order valence-electron chi connectivity index (χ3n) is 5.10. The molecule has 0 spiro atoms. The number of nitriles is 1. The van der Waals surface area contributed by atoms with Crippen molar-refractivity contribution in [3.8, 4) is 11.8 Å². The maximum absolute atomic E-state index is 13.9. The predicted octanol–water partition coefficient (Wildman–Crippen LogP) is 3.19. The summed E-state index contributed by atoms with van der Waals surface area (Å²) in [5.41, 5.74) is 1.23. The van der Waals surface area contributed by atoms with Gasteiger partial charge in [0.2, 0.25) is 5.91 Å². The molecule has 0 saturated carbocycles. The molecular weight excluding hydrogens is 359 g/mol. The second-order valence-corrected chi connectivity index (χ2v) is 6.90. The number of anilines is 1. The van der Waals surface area contributed by atoms with Gasteiger partial charge < -0.3 is 15.0 Å². The van der Waals surface area contributed by atoms with E-state index in [0.717, 1.165) is 31.7 Å². The van der Waals surface area contributed by atoms with E-state index in [0.29, 0.717) is 11.1 Å². The van der Waals surface area contributed by atoms with Gasteiger partial charge in [0.15, 0.2) is 11.6 Å². The van der Waals surface area contributed by atoms with Gasteiger partial charge in [-0.25, -0.2) is 9.37 Å². The molecule has 0 aliphatic carbocycles. The monoisotopic (exact) mass is 382 g/mol. The highest BCUT2D eigenvalue weighted by Gasteiger charge is 2.26. The molecule has 3 rings (SSSR count). The highest BCUT2D eigenvalue weighted by atomic mass is 19.1. The molecule has 7 heteroatoms. The number of methoxy groups -OCH3 is 1. The molecule has 1 N–H and O–H groups in total. The molecule has 6 nitrogen and oxygen atoms in total. The van der Waals surface area contributed by atoms with Crippen LogP contribution in [0.3, 0.4) is 0 Å². The molecule has 1 saturated heterocycles. The van der Waals surface area contributed by atoms with Crippen molar-refractivity contribution in [1.29, 1.82) is 5.26 Å². The zero-order valence-corrected chi connectivity index (χ0v) is 16.0. The van der Waals surface area contributed by atoms with Gasteiger partial charge in [0, 0.05) is 25.2 Å². The first-order valence-electron chi connectivity index (χ1n) is 9.26. The lowest BCUT2D eigenvalue weighted by atomic mass is 9.95. The zero-order valence-electron chi connectivity index (χ0n) is 16.0. The van der Waals surface area contributed by atoms with E-state index in [2.05, 4.69) is 21.3 Å². The van der Waals surface area contributed by atoms with E-state index >= 15 is 0 Å². The highest BCUT2D eigenvalue weighted by Crippen LogP contribution is 2.25. The number of rotatable bonds is 5. The topological polar surface area (TPSA) is 78.2 Å². The van der Waals surface area contributed by atoms with Crippen molar-refractivity contribution in [3.63, 3.8) is 0 Å². The number of halogens is 1. The number of nitrogens with one attached hydrogen (secondary N) is 1.